The predicted molar refractivity (Wildman–Crippen MR) is 80.1 cm³/mol. The Balaban J connectivity index is 2.32. The lowest BCUT2D eigenvalue weighted by Crippen LogP contribution is -2.37. The third-order valence-electron chi connectivity index (χ3n) is 4.66. The lowest BCUT2D eigenvalue weighted by molar-refractivity contribution is 0.153. The van der Waals surface area contributed by atoms with Gasteiger partial charge in [-0.1, -0.05) is 26.7 Å². The topological polar surface area (TPSA) is 29.9 Å². The summed E-state index contributed by atoms with van der Waals surface area (Å²) in [6, 6.07) is 0.396. The molecule has 1 aromatic heterocycles. The van der Waals surface area contributed by atoms with Crippen LogP contribution in [0.4, 0.5) is 0 Å². The highest BCUT2D eigenvalue weighted by Crippen LogP contribution is 2.51. The summed E-state index contributed by atoms with van der Waals surface area (Å²) in [6.07, 6.45) is 10.8. The van der Waals surface area contributed by atoms with E-state index in [-0.39, 0.29) is 0 Å². The second-order valence-electron chi connectivity index (χ2n) is 6.46. The van der Waals surface area contributed by atoms with Crippen molar-refractivity contribution in [1.29, 1.82) is 0 Å². The average Bonchev–Trinajstić information content (AvgIpc) is 2.99. The number of nitrogens with one attached hydrogen (secondary N) is 1. The quantitative estimate of drug-likeness (QED) is 0.846. The van der Waals surface area contributed by atoms with Crippen molar-refractivity contribution in [2.75, 3.05) is 7.05 Å². The van der Waals surface area contributed by atoms with E-state index in [0.29, 0.717) is 11.5 Å². The molecule has 108 valence electrons. The highest BCUT2D eigenvalue weighted by molar-refractivity contribution is 5.08. The first-order valence-electron chi connectivity index (χ1n) is 7.81. The maximum atomic E-state index is 4.66. The van der Waals surface area contributed by atoms with E-state index in [4.69, 9.17) is 0 Å². The van der Waals surface area contributed by atoms with Gasteiger partial charge in [0.05, 0.1) is 6.04 Å². The molecule has 1 atom stereocenters. The fourth-order valence-corrected chi connectivity index (χ4v) is 4.06. The molecule has 0 bridgehead atoms. The molecule has 3 nitrogen and oxygen atoms in total. The van der Waals surface area contributed by atoms with Gasteiger partial charge >= 0.3 is 0 Å². The van der Waals surface area contributed by atoms with Crippen molar-refractivity contribution in [2.45, 2.75) is 65.5 Å². The molecule has 0 aromatic carbocycles. The van der Waals surface area contributed by atoms with Crippen molar-refractivity contribution < 1.29 is 0 Å². The summed E-state index contributed by atoms with van der Waals surface area (Å²) in [6.45, 7) is 7.89. The molecule has 3 heteroatoms. The van der Waals surface area contributed by atoms with Crippen LogP contribution >= 0.6 is 0 Å². The predicted octanol–water partition coefficient (Wildman–Crippen LogP) is 3.77. The maximum absolute atomic E-state index is 4.66. The van der Waals surface area contributed by atoms with E-state index in [1.165, 1.54) is 37.9 Å². The Morgan fingerprint density at radius 2 is 2.05 bits per heavy atom. The van der Waals surface area contributed by atoms with Crippen LogP contribution in [0.3, 0.4) is 0 Å². The van der Waals surface area contributed by atoms with E-state index in [0.717, 1.165) is 12.5 Å². The van der Waals surface area contributed by atoms with Gasteiger partial charge in [0.25, 0.3) is 0 Å². The lowest BCUT2D eigenvalue weighted by Gasteiger charge is -2.38. The zero-order chi connectivity index (χ0) is 13.9. The first-order valence-corrected chi connectivity index (χ1v) is 7.81. The summed E-state index contributed by atoms with van der Waals surface area (Å²) >= 11 is 0. The first-order chi connectivity index (χ1) is 9.13. The van der Waals surface area contributed by atoms with E-state index in [2.05, 4.69) is 48.9 Å². The summed E-state index contributed by atoms with van der Waals surface area (Å²) in [4.78, 5) is 4.66. The largest absolute Gasteiger partial charge is 0.334 e. The Kier molecular flexibility index (Phi) is 4.67. The zero-order valence-corrected chi connectivity index (χ0v) is 12.9. The molecular weight excluding hydrogens is 234 g/mol. The Labute approximate surface area is 117 Å². The van der Waals surface area contributed by atoms with Crippen LogP contribution in [-0.2, 0) is 6.54 Å². The van der Waals surface area contributed by atoms with Crippen LogP contribution in [0.2, 0.25) is 0 Å². The molecule has 19 heavy (non-hydrogen) atoms. The van der Waals surface area contributed by atoms with E-state index in [1.54, 1.807) is 0 Å². The van der Waals surface area contributed by atoms with Gasteiger partial charge in [0.2, 0.25) is 0 Å². The number of imidazole rings is 1. The van der Waals surface area contributed by atoms with Gasteiger partial charge in [0, 0.05) is 18.9 Å². The molecule has 1 unspecified atom stereocenters. The van der Waals surface area contributed by atoms with E-state index < -0.39 is 0 Å². The van der Waals surface area contributed by atoms with E-state index >= 15 is 0 Å². The highest BCUT2D eigenvalue weighted by Gasteiger charge is 2.43. The number of aryl methyl sites for hydroxylation is 1. The van der Waals surface area contributed by atoms with Gasteiger partial charge in [-0.3, -0.25) is 0 Å². The summed E-state index contributed by atoms with van der Waals surface area (Å²) in [5.41, 5.74) is 0.404. The van der Waals surface area contributed by atoms with Crippen LogP contribution in [0.15, 0.2) is 12.4 Å². The van der Waals surface area contributed by atoms with Crippen LogP contribution in [0.1, 0.15) is 64.7 Å². The summed E-state index contributed by atoms with van der Waals surface area (Å²) in [5.74, 6) is 1.98. The second-order valence-corrected chi connectivity index (χ2v) is 6.46. The van der Waals surface area contributed by atoms with Crippen LogP contribution in [0.5, 0.6) is 0 Å². The molecule has 1 heterocycles. The minimum absolute atomic E-state index is 0.396. The fraction of sp³-hybridized carbons (Fsp3) is 0.812. The second kappa shape index (κ2) is 6.08. The molecule has 0 saturated heterocycles. The molecular formula is C16H29N3. The van der Waals surface area contributed by atoms with E-state index in [9.17, 15) is 0 Å². The van der Waals surface area contributed by atoms with Gasteiger partial charge < -0.3 is 9.88 Å². The summed E-state index contributed by atoms with van der Waals surface area (Å²) in [7, 11) is 2.10. The minimum atomic E-state index is 0.396. The van der Waals surface area contributed by atoms with Crippen molar-refractivity contribution in [1.82, 2.24) is 14.9 Å². The molecule has 1 aromatic rings. The SMILES string of the molecule is CCn1ccnc1C(NC)C1(CC(C)C)CCCC1. The zero-order valence-electron chi connectivity index (χ0n) is 12.9. The number of hydrogen-bond donors (Lipinski definition) is 1. The first kappa shape index (κ1) is 14.6. The van der Waals surface area contributed by atoms with Crippen molar-refractivity contribution in [2.24, 2.45) is 11.3 Å². The third kappa shape index (κ3) is 2.86. The summed E-state index contributed by atoms with van der Waals surface area (Å²) < 4.78 is 2.29. The Hall–Kier alpha value is -0.830. The standard InChI is InChI=1S/C16H29N3/c1-5-19-11-10-18-15(19)14(17-4)16(12-13(2)3)8-6-7-9-16/h10-11,13-14,17H,5-9,12H2,1-4H3. The molecule has 0 radical (unpaired) electrons. The molecule has 1 N–H and O–H groups in total. The molecule has 1 aliphatic rings. The number of rotatable bonds is 6. The highest BCUT2D eigenvalue weighted by atomic mass is 15.1. The Morgan fingerprint density at radius 3 is 2.58 bits per heavy atom. The van der Waals surface area contributed by atoms with Gasteiger partial charge in [-0.15, -0.1) is 0 Å². The Morgan fingerprint density at radius 1 is 1.37 bits per heavy atom. The van der Waals surface area contributed by atoms with Gasteiger partial charge in [0.15, 0.2) is 0 Å². The maximum Gasteiger partial charge on any atom is 0.126 e. The summed E-state index contributed by atoms with van der Waals surface area (Å²) in [5, 5.41) is 3.58. The number of nitrogens with zero attached hydrogens (tertiary/aromatic N) is 2. The normalized spacial score (nSPS) is 20.1. The fourth-order valence-electron chi connectivity index (χ4n) is 4.06. The van der Waals surface area contributed by atoms with Crippen LogP contribution in [0, 0.1) is 11.3 Å². The van der Waals surface area contributed by atoms with Crippen molar-refractivity contribution in [3.8, 4) is 0 Å². The molecule has 0 aliphatic heterocycles. The van der Waals surface area contributed by atoms with Crippen LogP contribution in [0.25, 0.3) is 0 Å². The Bertz CT molecular complexity index is 388. The van der Waals surface area contributed by atoms with Crippen molar-refractivity contribution in [3.63, 3.8) is 0 Å². The van der Waals surface area contributed by atoms with Gasteiger partial charge in [0.1, 0.15) is 5.82 Å². The number of aromatic nitrogens is 2. The monoisotopic (exact) mass is 263 g/mol. The lowest BCUT2D eigenvalue weighted by atomic mass is 9.72. The average molecular weight is 263 g/mol. The molecule has 2 rings (SSSR count). The minimum Gasteiger partial charge on any atom is -0.334 e. The van der Waals surface area contributed by atoms with Crippen molar-refractivity contribution >= 4 is 0 Å². The van der Waals surface area contributed by atoms with Crippen LogP contribution in [-0.4, -0.2) is 16.6 Å². The number of hydrogen-bond acceptors (Lipinski definition) is 2. The molecule has 1 fully saturated rings. The third-order valence-corrected chi connectivity index (χ3v) is 4.66. The van der Waals surface area contributed by atoms with Gasteiger partial charge in [-0.05, 0) is 44.6 Å². The van der Waals surface area contributed by atoms with E-state index in [1.807, 2.05) is 6.20 Å². The smallest absolute Gasteiger partial charge is 0.126 e. The molecule has 1 aliphatic carbocycles. The molecule has 0 spiro atoms. The van der Waals surface area contributed by atoms with Crippen molar-refractivity contribution in [3.05, 3.63) is 18.2 Å². The van der Waals surface area contributed by atoms with Gasteiger partial charge in [-0.25, -0.2) is 4.98 Å². The molecule has 0 amide bonds. The van der Waals surface area contributed by atoms with Gasteiger partial charge in [-0.2, -0.15) is 0 Å². The molecule has 1 saturated carbocycles. The van der Waals surface area contributed by atoms with Crippen LogP contribution < -0.4 is 5.32 Å².